The van der Waals surface area contributed by atoms with Crippen LogP contribution in [0.3, 0.4) is 0 Å². The Labute approximate surface area is 178 Å². The first-order valence-corrected chi connectivity index (χ1v) is 10.5. The van der Waals surface area contributed by atoms with Crippen LogP contribution in [0.2, 0.25) is 0 Å². The van der Waals surface area contributed by atoms with Crippen molar-refractivity contribution in [2.24, 2.45) is 5.73 Å². The van der Waals surface area contributed by atoms with Gasteiger partial charge in [0.2, 0.25) is 5.91 Å². The number of benzene rings is 2. The van der Waals surface area contributed by atoms with Gasteiger partial charge in [0.05, 0.1) is 7.11 Å². The number of anilines is 1. The first-order chi connectivity index (χ1) is 14.6. The number of piperidine rings is 1. The number of esters is 1. The van der Waals surface area contributed by atoms with Crippen LogP contribution < -0.4 is 10.6 Å². The lowest BCUT2D eigenvalue weighted by Gasteiger charge is -2.46. The summed E-state index contributed by atoms with van der Waals surface area (Å²) in [5.74, 6) is -0.508. The van der Waals surface area contributed by atoms with E-state index < -0.39 is 5.54 Å². The number of para-hydroxylation sites is 1. The van der Waals surface area contributed by atoms with E-state index >= 15 is 0 Å². The Hall–Kier alpha value is -2.70. The maximum absolute atomic E-state index is 13.1. The number of carbonyl (C=O) groups is 2. The molecule has 30 heavy (non-hydrogen) atoms. The molecule has 1 fully saturated rings. The predicted molar refractivity (Wildman–Crippen MR) is 118 cm³/mol. The molecule has 160 valence electrons. The Kier molecular flexibility index (Phi) is 7.60. The van der Waals surface area contributed by atoms with Crippen LogP contribution >= 0.6 is 0 Å². The van der Waals surface area contributed by atoms with E-state index in [-0.39, 0.29) is 24.8 Å². The Bertz CT molecular complexity index is 818. The smallest absolute Gasteiger partial charge is 0.332 e. The highest BCUT2D eigenvalue weighted by molar-refractivity contribution is 6.02. The number of carbonyl (C=O) groups excluding carboxylic acids is 2. The van der Waals surface area contributed by atoms with Crippen molar-refractivity contribution in [2.45, 2.75) is 31.2 Å². The van der Waals surface area contributed by atoms with Crippen molar-refractivity contribution in [1.29, 1.82) is 0 Å². The fraction of sp³-hybridized carbons (Fsp3) is 0.417. The molecule has 0 saturated carbocycles. The van der Waals surface area contributed by atoms with Gasteiger partial charge < -0.3 is 15.4 Å². The first-order valence-electron chi connectivity index (χ1n) is 10.5. The Morgan fingerprint density at radius 2 is 1.63 bits per heavy atom. The minimum atomic E-state index is -1.01. The number of rotatable bonds is 8. The topological polar surface area (TPSA) is 75.9 Å². The molecule has 0 aliphatic carbocycles. The van der Waals surface area contributed by atoms with E-state index in [9.17, 15) is 9.59 Å². The van der Waals surface area contributed by atoms with Crippen molar-refractivity contribution >= 4 is 17.6 Å². The van der Waals surface area contributed by atoms with Gasteiger partial charge in [-0.3, -0.25) is 9.69 Å². The van der Waals surface area contributed by atoms with Crippen LogP contribution in [0, 0.1) is 0 Å². The molecule has 6 heteroatoms. The van der Waals surface area contributed by atoms with Crippen LogP contribution in [0.15, 0.2) is 60.7 Å². The lowest BCUT2D eigenvalue weighted by molar-refractivity contribution is -0.151. The Balaban J connectivity index is 1.80. The predicted octanol–water partition coefficient (Wildman–Crippen LogP) is 2.62. The van der Waals surface area contributed by atoms with Crippen molar-refractivity contribution in [2.75, 3.05) is 38.2 Å². The van der Waals surface area contributed by atoms with E-state index in [0.29, 0.717) is 18.5 Å². The van der Waals surface area contributed by atoms with Gasteiger partial charge >= 0.3 is 5.97 Å². The van der Waals surface area contributed by atoms with E-state index in [0.717, 1.165) is 26.1 Å². The number of nitrogens with zero attached hydrogens (tertiary/aromatic N) is 2. The lowest BCUT2D eigenvalue weighted by Crippen LogP contribution is -2.63. The molecule has 2 aromatic carbocycles. The summed E-state index contributed by atoms with van der Waals surface area (Å²) in [4.78, 5) is 30.1. The summed E-state index contributed by atoms with van der Waals surface area (Å²) in [7, 11) is 1.39. The molecule has 0 bridgehead atoms. The van der Waals surface area contributed by atoms with Crippen LogP contribution in [0.25, 0.3) is 0 Å². The van der Waals surface area contributed by atoms with Gasteiger partial charge in [0.25, 0.3) is 0 Å². The monoisotopic (exact) mass is 409 g/mol. The zero-order chi connectivity index (χ0) is 21.4. The molecule has 0 spiro atoms. The molecule has 2 aromatic rings. The zero-order valence-electron chi connectivity index (χ0n) is 17.6. The van der Waals surface area contributed by atoms with E-state index in [4.69, 9.17) is 10.5 Å². The van der Waals surface area contributed by atoms with Gasteiger partial charge in [-0.05, 0) is 37.0 Å². The van der Waals surface area contributed by atoms with Crippen molar-refractivity contribution in [3.63, 3.8) is 0 Å². The minimum Gasteiger partial charge on any atom is -0.467 e. The molecule has 1 aliphatic rings. The van der Waals surface area contributed by atoms with Crippen LogP contribution in [-0.2, 0) is 20.7 Å². The molecule has 1 amide bonds. The van der Waals surface area contributed by atoms with Gasteiger partial charge in [-0.25, -0.2) is 4.79 Å². The third-order valence-electron chi connectivity index (χ3n) is 5.86. The zero-order valence-corrected chi connectivity index (χ0v) is 17.6. The molecular weight excluding hydrogens is 378 g/mol. The second-order valence-corrected chi connectivity index (χ2v) is 7.70. The molecule has 2 N–H and O–H groups in total. The second kappa shape index (κ2) is 10.4. The van der Waals surface area contributed by atoms with Crippen LogP contribution in [-0.4, -0.2) is 55.6 Å². The molecule has 3 rings (SSSR count). The molecule has 1 saturated heterocycles. The normalized spacial score (nSPS) is 16.1. The average Bonchev–Trinajstić information content (AvgIpc) is 2.79. The van der Waals surface area contributed by atoms with Gasteiger partial charge in [0, 0.05) is 38.3 Å². The minimum absolute atomic E-state index is 0.146. The van der Waals surface area contributed by atoms with Crippen molar-refractivity contribution < 1.29 is 14.3 Å². The number of nitrogens with two attached hydrogens (primary N) is 1. The highest BCUT2D eigenvalue weighted by Crippen LogP contribution is 2.35. The van der Waals surface area contributed by atoms with Gasteiger partial charge in [0.15, 0.2) is 0 Å². The molecule has 0 aromatic heterocycles. The second-order valence-electron chi connectivity index (χ2n) is 7.70. The highest BCUT2D eigenvalue weighted by atomic mass is 16.5. The number of hydrogen-bond acceptors (Lipinski definition) is 5. The third-order valence-corrected chi connectivity index (χ3v) is 5.86. The number of hydrogen-bond donors (Lipinski definition) is 1. The fourth-order valence-corrected chi connectivity index (χ4v) is 4.23. The maximum Gasteiger partial charge on any atom is 0.332 e. The summed E-state index contributed by atoms with van der Waals surface area (Å²) >= 11 is 0. The SMILES string of the molecule is COC(=O)C1(N(C(=O)CCN)c2ccccc2)CCN(CCc2ccccc2)CC1. The van der Waals surface area contributed by atoms with E-state index in [1.165, 1.54) is 12.7 Å². The van der Waals surface area contributed by atoms with Gasteiger partial charge in [-0.15, -0.1) is 0 Å². The van der Waals surface area contributed by atoms with Crippen LogP contribution in [0.5, 0.6) is 0 Å². The van der Waals surface area contributed by atoms with E-state index in [2.05, 4.69) is 29.2 Å². The fourth-order valence-electron chi connectivity index (χ4n) is 4.23. The molecule has 6 nitrogen and oxygen atoms in total. The first kappa shape index (κ1) is 22.0. The maximum atomic E-state index is 13.1. The standard InChI is InChI=1S/C24H31N3O3/c1-30-23(29)24(27(22(28)12-16-25)21-10-6-3-7-11-21)14-18-26(19-15-24)17-13-20-8-4-2-5-9-20/h2-11H,12-19,25H2,1H3. The number of methoxy groups -OCH3 is 1. The van der Waals surface area contributed by atoms with Gasteiger partial charge in [-0.2, -0.15) is 0 Å². The summed E-state index contributed by atoms with van der Waals surface area (Å²) in [5.41, 5.74) is 6.67. The number of amides is 1. The molecule has 1 heterocycles. The molecular formula is C24H31N3O3. The molecule has 0 unspecified atom stereocenters. The van der Waals surface area contributed by atoms with Crippen LogP contribution in [0.4, 0.5) is 5.69 Å². The third kappa shape index (κ3) is 4.89. The summed E-state index contributed by atoms with van der Waals surface area (Å²) in [6, 6.07) is 19.7. The van der Waals surface area contributed by atoms with E-state index in [1.807, 2.05) is 36.4 Å². The van der Waals surface area contributed by atoms with Crippen molar-refractivity contribution in [3.05, 3.63) is 66.2 Å². The largest absolute Gasteiger partial charge is 0.467 e. The molecule has 0 atom stereocenters. The lowest BCUT2D eigenvalue weighted by atomic mass is 9.84. The van der Waals surface area contributed by atoms with Gasteiger partial charge in [-0.1, -0.05) is 48.5 Å². The number of likely N-dealkylation sites (tertiary alicyclic amines) is 1. The quantitative estimate of drug-likeness (QED) is 0.679. The van der Waals surface area contributed by atoms with Crippen molar-refractivity contribution in [3.8, 4) is 0 Å². The molecule has 0 radical (unpaired) electrons. The van der Waals surface area contributed by atoms with Gasteiger partial charge in [0.1, 0.15) is 5.54 Å². The van der Waals surface area contributed by atoms with Crippen molar-refractivity contribution in [1.82, 2.24) is 4.90 Å². The summed E-state index contributed by atoms with van der Waals surface area (Å²) in [6.45, 7) is 2.61. The van der Waals surface area contributed by atoms with Crippen LogP contribution in [0.1, 0.15) is 24.8 Å². The molecule has 1 aliphatic heterocycles. The Morgan fingerprint density at radius 1 is 1.03 bits per heavy atom. The highest BCUT2D eigenvalue weighted by Gasteiger charge is 2.49. The summed E-state index contributed by atoms with van der Waals surface area (Å²) in [5, 5.41) is 0. The number of ether oxygens (including phenoxy) is 1. The summed E-state index contributed by atoms with van der Waals surface area (Å²) in [6.07, 6.45) is 2.20. The Morgan fingerprint density at radius 3 is 2.20 bits per heavy atom. The van der Waals surface area contributed by atoms with E-state index in [1.54, 1.807) is 4.90 Å². The average molecular weight is 410 g/mol. The summed E-state index contributed by atoms with van der Waals surface area (Å²) < 4.78 is 5.21.